The zero-order valence-corrected chi connectivity index (χ0v) is 12.6. The Morgan fingerprint density at radius 3 is 2.33 bits per heavy atom. The minimum absolute atomic E-state index is 0.0978. The summed E-state index contributed by atoms with van der Waals surface area (Å²) in [4.78, 5) is 23.4. The topological polar surface area (TPSA) is 104 Å². The molecule has 0 unspecified atom stereocenters. The molecule has 5 N–H and O–H groups in total. The average Bonchev–Trinajstić information content (AvgIpc) is 2.36. The molecule has 116 valence electrons. The summed E-state index contributed by atoms with van der Waals surface area (Å²) < 4.78 is 0. The van der Waals surface area contributed by atoms with Crippen LogP contribution < -0.4 is 16.4 Å². The van der Waals surface area contributed by atoms with Gasteiger partial charge in [0.25, 0.3) is 0 Å². The van der Waals surface area contributed by atoms with E-state index in [2.05, 4.69) is 10.6 Å². The van der Waals surface area contributed by atoms with Gasteiger partial charge in [0.1, 0.15) is 5.75 Å². The van der Waals surface area contributed by atoms with Crippen LogP contribution in [0.4, 0.5) is 0 Å². The number of carbonyl (C=O) groups is 2. The van der Waals surface area contributed by atoms with Gasteiger partial charge in [0.2, 0.25) is 11.8 Å². The van der Waals surface area contributed by atoms with E-state index in [1.165, 1.54) is 12.1 Å². The first-order valence-electron chi connectivity index (χ1n) is 6.79. The predicted octanol–water partition coefficient (Wildman–Crippen LogP) is 0.293. The number of carbonyl (C=O) groups excluding carboxylic acids is 2. The molecule has 0 aliphatic rings. The molecule has 0 bridgehead atoms. The highest BCUT2D eigenvalue weighted by Gasteiger charge is 2.17. The number of hydrogen-bond acceptors (Lipinski definition) is 4. The molecule has 1 rings (SSSR count). The number of nitrogens with two attached hydrogens (primary N) is 1. The Bertz CT molecular complexity index is 492. The summed E-state index contributed by atoms with van der Waals surface area (Å²) in [5, 5.41) is 14.4. The quantitative estimate of drug-likeness (QED) is 0.626. The van der Waals surface area contributed by atoms with Gasteiger partial charge in [0.15, 0.2) is 0 Å². The standard InChI is InChI=1S/C15H23N3O3/c1-15(2,3)18-13(20)9-17-14(21)12(16)8-10-4-6-11(19)7-5-10/h4-7,12,19H,8-9,16H2,1-3H3,(H,17,21)(H,18,20)/t12-/m1/s1. The molecule has 1 atom stereocenters. The lowest BCUT2D eigenvalue weighted by molar-refractivity contribution is -0.127. The summed E-state index contributed by atoms with van der Waals surface area (Å²) in [7, 11) is 0. The van der Waals surface area contributed by atoms with E-state index in [4.69, 9.17) is 5.73 Å². The number of aromatic hydroxyl groups is 1. The third-order valence-corrected chi connectivity index (χ3v) is 2.67. The van der Waals surface area contributed by atoms with E-state index in [0.717, 1.165) is 5.56 Å². The Labute approximate surface area is 124 Å². The van der Waals surface area contributed by atoms with Gasteiger partial charge in [-0.1, -0.05) is 12.1 Å². The van der Waals surface area contributed by atoms with Crippen LogP contribution in [0, 0.1) is 0 Å². The molecule has 0 aliphatic heterocycles. The first-order chi connectivity index (χ1) is 9.67. The van der Waals surface area contributed by atoms with Crippen molar-refractivity contribution in [2.75, 3.05) is 6.54 Å². The molecule has 1 aromatic rings. The van der Waals surface area contributed by atoms with Gasteiger partial charge >= 0.3 is 0 Å². The van der Waals surface area contributed by atoms with Crippen molar-refractivity contribution < 1.29 is 14.7 Å². The number of rotatable bonds is 5. The fourth-order valence-electron chi connectivity index (χ4n) is 1.74. The van der Waals surface area contributed by atoms with Gasteiger partial charge in [-0.05, 0) is 44.9 Å². The highest BCUT2D eigenvalue weighted by molar-refractivity contribution is 5.87. The fourth-order valence-corrected chi connectivity index (χ4v) is 1.74. The summed E-state index contributed by atoms with van der Waals surface area (Å²) in [6, 6.07) is 5.74. The molecule has 0 saturated carbocycles. The Kier molecular flexibility index (Phi) is 5.72. The zero-order valence-electron chi connectivity index (χ0n) is 12.6. The summed E-state index contributed by atoms with van der Waals surface area (Å²) in [6.45, 7) is 5.50. The Balaban J connectivity index is 2.41. The summed E-state index contributed by atoms with van der Waals surface area (Å²) in [5.41, 5.74) is 6.30. The highest BCUT2D eigenvalue weighted by atomic mass is 16.3. The number of amides is 2. The fraction of sp³-hybridized carbons (Fsp3) is 0.467. The van der Waals surface area contributed by atoms with E-state index in [1.54, 1.807) is 12.1 Å². The van der Waals surface area contributed by atoms with Gasteiger partial charge < -0.3 is 21.5 Å². The molecule has 6 nitrogen and oxygen atoms in total. The first-order valence-corrected chi connectivity index (χ1v) is 6.79. The molecule has 2 amide bonds. The van der Waals surface area contributed by atoms with E-state index in [0.29, 0.717) is 6.42 Å². The molecule has 0 heterocycles. The molecule has 0 fully saturated rings. The van der Waals surface area contributed by atoms with Crippen LogP contribution in [0.1, 0.15) is 26.3 Å². The zero-order chi connectivity index (χ0) is 16.0. The molecular formula is C15H23N3O3. The van der Waals surface area contributed by atoms with Crippen molar-refractivity contribution >= 4 is 11.8 Å². The largest absolute Gasteiger partial charge is 0.508 e. The molecular weight excluding hydrogens is 270 g/mol. The summed E-state index contributed by atoms with van der Waals surface area (Å²) in [5.74, 6) is -0.476. The normalized spacial score (nSPS) is 12.6. The minimum atomic E-state index is -0.739. The molecule has 0 radical (unpaired) electrons. The SMILES string of the molecule is CC(C)(C)NC(=O)CNC(=O)[C@H](N)Cc1ccc(O)cc1. The molecule has 21 heavy (non-hydrogen) atoms. The second-order valence-electron chi connectivity index (χ2n) is 5.99. The smallest absolute Gasteiger partial charge is 0.239 e. The second-order valence-corrected chi connectivity index (χ2v) is 5.99. The van der Waals surface area contributed by atoms with Crippen LogP contribution in [0.3, 0.4) is 0 Å². The number of phenolic OH excluding ortho intramolecular Hbond substituents is 1. The van der Waals surface area contributed by atoms with Crippen molar-refractivity contribution in [3.8, 4) is 5.75 Å². The molecule has 0 aliphatic carbocycles. The first kappa shape index (κ1) is 17.0. The maximum atomic E-state index is 11.8. The average molecular weight is 293 g/mol. The minimum Gasteiger partial charge on any atom is -0.508 e. The number of hydrogen-bond donors (Lipinski definition) is 4. The van der Waals surface area contributed by atoms with Crippen LogP contribution in [0.25, 0.3) is 0 Å². The van der Waals surface area contributed by atoms with E-state index >= 15 is 0 Å². The van der Waals surface area contributed by atoms with Crippen LogP contribution in [-0.2, 0) is 16.0 Å². The number of benzene rings is 1. The van der Waals surface area contributed by atoms with Crippen LogP contribution in [0.5, 0.6) is 5.75 Å². The molecule has 6 heteroatoms. The van der Waals surface area contributed by atoms with Crippen molar-refractivity contribution in [3.05, 3.63) is 29.8 Å². The van der Waals surface area contributed by atoms with Gasteiger partial charge in [-0.15, -0.1) is 0 Å². The third-order valence-electron chi connectivity index (χ3n) is 2.67. The Hall–Kier alpha value is -2.08. The summed E-state index contributed by atoms with van der Waals surface area (Å²) in [6.07, 6.45) is 0.340. The van der Waals surface area contributed by atoms with Gasteiger partial charge in [-0.3, -0.25) is 9.59 Å². The van der Waals surface area contributed by atoms with Gasteiger partial charge in [-0.25, -0.2) is 0 Å². The highest BCUT2D eigenvalue weighted by Crippen LogP contribution is 2.10. The number of phenols is 1. The van der Waals surface area contributed by atoms with E-state index < -0.39 is 6.04 Å². The van der Waals surface area contributed by atoms with Crippen molar-refractivity contribution in [3.63, 3.8) is 0 Å². The monoisotopic (exact) mass is 293 g/mol. The maximum absolute atomic E-state index is 11.8. The van der Waals surface area contributed by atoms with Crippen molar-refractivity contribution in [1.29, 1.82) is 0 Å². The van der Waals surface area contributed by atoms with Crippen LogP contribution in [0.2, 0.25) is 0 Å². The van der Waals surface area contributed by atoms with Gasteiger partial charge in [-0.2, -0.15) is 0 Å². The lowest BCUT2D eigenvalue weighted by Gasteiger charge is -2.21. The van der Waals surface area contributed by atoms with Crippen LogP contribution >= 0.6 is 0 Å². The van der Waals surface area contributed by atoms with Crippen LogP contribution in [-0.4, -0.2) is 35.0 Å². The van der Waals surface area contributed by atoms with E-state index in [9.17, 15) is 14.7 Å². The summed E-state index contributed by atoms with van der Waals surface area (Å²) >= 11 is 0. The Morgan fingerprint density at radius 2 is 1.81 bits per heavy atom. The third kappa shape index (κ3) is 6.76. The second kappa shape index (κ2) is 7.08. The van der Waals surface area contributed by atoms with Crippen LogP contribution in [0.15, 0.2) is 24.3 Å². The van der Waals surface area contributed by atoms with E-state index in [-0.39, 0.29) is 29.6 Å². The molecule has 0 spiro atoms. The Morgan fingerprint density at radius 1 is 1.24 bits per heavy atom. The van der Waals surface area contributed by atoms with Crippen molar-refractivity contribution in [1.82, 2.24) is 10.6 Å². The lowest BCUT2D eigenvalue weighted by Crippen LogP contribution is -2.49. The van der Waals surface area contributed by atoms with Crippen molar-refractivity contribution in [2.45, 2.75) is 38.8 Å². The van der Waals surface area contributed by atoms with Gasteiger partial charge in [0.05, 0.1) is 12.6 Å². The lowest BCUT2D eigenvalue weighted by atomic mass is 10.1. The molecule has 0 aromatic heterocycles. The van der Waals surface area contributed by atoms with Gasteiger partial charge in [0, 0.05) is 5.54 Å². The maximum Gasteiger partial charge on any atom is 0.239 e. The van der Waals surface area contributed by atoms with Crippen molar-refractivity contribution in [2.24, 2.45) is 5.73 Å². The molecule has 0 saturated heterocycles. The molecule has 1 aromatic carbocycles. The predicted molar refractivity (Wildman–Crippen MR) is 80.7 cm³/mol. The number of nitrogens with one attached hydrogen (secondary N) is 2. The van der Waals surface area contributed by atoms with E-state index in [1.807, 2.05) is 20.8 Å².